The summed E-state index contributed by atoms with van der Waals surface area (Å²) in [6.45, 7) is 0.759. The first-order valence-electron chi connectivity index (χ1n) is 5.79. The van der Waals surface area contributed by atoms with E-state index in [0.29, 0.717) is 10.7 Å². The Morgan fingerprint density at radius 1 is 1.26 bits per heavy atom. The minimum Gasteiger partial charge on any atom is -0.388 e. The maximum atomic E-state index is 5.60. The van der Waals surface area contributed by atoms with Gasteiger partial charge < -0.3 is 10.6 Å². The Labute approximate surface area is 126 Å². The molecular formula is C14H14BrN3S. The lowest BCUT2D eigenvalue weighted by atomic mass is 10.2. The van der Waals surface area contributed by atoms with Crippen LogP contribution in [0.3, 0.4) is 0 Å². The molecule has 19 heavy (non-hydrogen) atoms. The van der Waals surface area contributed by atoms with Gasteiger partial charge in [-0.2, -0.15) is 0 Å². The van der Waals surface area contributed by atoms with Gasteiger partial charge in [0.05, 0.1) is 5.69 Å². The second-order valence-electron chi connectivity index (χ2n) is 4.19. The summed E-state index contributed by atoms with van der Waals surface area (Å²) in [5.74, 6) is 0.848. The van der Waals surface area contributed by atoms with Gasteiger partial charge in [0.25, 0.3) is 0 Å². The van der Waals surface area contributed by atoms with Crippen LogP contribution in [0.25, 0.3) is 0 Å². The summed E-state index contributed by atoms with van der Waals surface area (Å²) >= 11 is 8.50. The van der Waals surface area contributed by atoms with Crippen molar-refractivity contribution in [1.82, 2.24) is 4.98 Å². The molecule has 1 aromatic carbocycles. The summed E-state index contributed by atoms with van der Waals surface area (Å²) < 4.78 is 1.09. The highest BCUT2D eigenvalue weighted by atomic mass is 79.9. The highest BCUT2D eigenvalue weighted by Gasteiger charge is 2.07. The monoisotopic (exact) mass is 335 g/mol. The summed E-state index contributed by atoms with van der Waals surface area (Å²) in [5, 5.41) is 0. The fourth-order valence-corrected chi connectivity index (χ4v) is 2.26. The molecule has 0 saturated carbocycles. The first-order valence-corrected chi connectivity index (χ1v) is 6.99. The molecule has 0 aliphatic rings. The lowest BCUT2D eigenvalue weighted by molar-refractivity contribution is 0.893. The molecule has 0 aliphatic carbocycles. The van der Waals surface area contributed by atoms with E-state index in [2.05, 4.69) is 31.9 Å². The molecule has 1 aromatic heterocycles. The van der Waals surface area contributed by atoms with E-state index in [-0.39, 0.29) is 0 Å². The largest absolute Gasteiger partial charge is 0.388 e. The Balaban J connectivity index is 2.20. The Morgan fingerprint density at radius 3 is 2.68 bits per heavy atom. The van der Waals surface area contributed by atoms with E-state index in [1.165, 1.54) is 5.56 Å². The number of nitrogens with zero attached hydrogens (tertiary/aromatic N) is 2. The molecular weight excluding hydrogens is 322 g/mol. The second kappa shape index (κ2) is 6.12. The molecule has 0 unspecified atom stereocenters. The van der Waals surface area contributed by atoms with Crippen molar-refractivity contribution < 1.29 is 0 Å². The number of hydrogen-bond acceptors (Lipinski definition) is 3. The normalized spacial score (nSPS) is 10.2. The van der Waals surface area contributed by atoms with Gasteiger partial charge in [-0.15, -0.1) is 0 Å². The Kier molecular flexibility index (Phi) is 4.50. The zero-order chi connectivity index (χ0) is 13.8. The highest BCUT2D eigenvalue weighted by Crippen LogP contribution is 2.20. The molecule has 1 heterocycles. The third kappa shape index (κ3) is 3.52. The van der Waals surface area contributed by atoms with Crippen molar-refractivity contribution in [2.24, 2.45) is 5.73 Å². The van der Waals surface area contributed by atoms with Crippen molar-refractivity contribution in [3.8, 4) is 0 Å². The van der Waals surface area contributed by atoms with Gasteiger partial charge in [0.1, 0.15) is 10.8 Å². The van der Waals surface area contributed by atoms with Crippen molar-refractivity contribution in [3.63, 3.8) is 0 Å². The summed E-state index contributed by atoms with van der Waals surface area (Å²) in [6.07, 6.45) is 0. The van der Waals surface area contributed by atoms with E-state index < -0.39 is 0 Å². The number of nitrogens with two attached hydrogens (primary N) is 1. The minimum absolute atomic E-state index is 0.316. The van der Waals surface area contributed by atoms with Crippen LogP contribution >= 0.6 is 28.1 Å². The van der Waals surface area contributed by atoms with Crippen LogP contribution in [0.15, 0.2) is 46.9 Å². The molecule has 5 heteroatoms. The van der Waals surface area contributed by atoms with Gasteiger partial charge in [-0.1, -0.05) is 52.4 Å². The third-order valence-electron chi connectivity index (χ3n) is 2.74. The molecule has 98 valence electrons. The van der Waals surface area contributed by atoms with Crippen LogP contribution in [0.4, 0.5) is 5.82 Å². The third-order valence-corrected chi connectivity index (χ3v) is 3.73. The minimum atomic E-state index is 0.316. The highest BCUT2D eigenvalue weighted by molar-refractivity contribution is 9.10. The van der Waals surface area contributed by atoms with Crippen LogP contribution in [0.5, 0.6) is 0 Å². The molecule has 2 aromatic rings. The number of thiocarbonyl (C=S) groups is 1. The number of pyridine rings is 1. The number of rotatable bonds is 4. The maximum Gasteiger partial charge on any atom is 0.129 e. The van der Waals surface area contributed by atoms with E-state index in [1.807, 2.05) is 43.4 Å². The van der Waals surface area contributed by atoms with Crippen LogP contribution in [0, 0.1) is 0 Å². The topological polar surface area (TPSA) is 42.1 Å². The predicted octanol–water partition coefficient (Wildman–Crippen LogP) is 3.11. The number of anilines is 1. The van der Waals surface area contributed by atoms with Crippen molar-refractivity contribution in [3.05, 3.63) is 58.2 Å². The standard InChI is InChI=1S/C14H14BrN3S/c1-18(9-10-5-2-3-6-11(10)15)13-8-4-7-12(17-13)14(16)19/h2-8H,9H2,1H3,(H2,16,19). The quantitative estimate of drug-likeness (QED) is 0.871. The zero-order valence-corrected chi connectivity index (χ0v) is 12.9. The van der Waals surface area contributed by atoms with Crippen LogP contribution < -0.4 is 10.6 Å². The van der Waals surface area contributed by atoms with Crippen LogP contribution in [0.2, 0.25) is 0 Å². The van der Waals surface area contributed by atoms with Crippen LogP contribution in [-0.4, -0.2) is 17.0 Å². The summed E-state index contributed by atoms with van der Waals surface area (Å²) in [5.41, 5.74) is 7.45. The molecule has 2 N–H and O–H groups in total. The molecule has 0 saturated heterocycles. The molecule has 0 radical (unpaired) electrons. The Morgan fingerprint density at radius 2 is 2.00 bits per heavy atom. The fourth-order valence-electron chi connectivity index (χ4n) is 1.74. The zero-order valence-electron chi connectivity index (χ0n) is 10.5. The van der Waals surface area contributed by atoms with Gasteiger partial charge in [0.15, 0.2) is 0 Å². The van der Waals surface area contributed by atoms with Gasteiger partial charge in [-0.05, 0) is 23.8 Å². The fraction of sp³-hybridized carbons (Fsp3) is 0.143. The predicted molar refractivity (Wildman–Crippen MR) is 86.4 cm³/mol. The molecule has 0 amide bonds. The summed E-state index contributed by atoms with van der Waals surface area (Å²) in [7, 11) is 1.99. The molecule has 0 aliphatic heterocycles. The number of halogens is 1. The van der Waals surface area contributed by atoms with E-state index in [0.717, 1.165) is 16.8 Å². The average molecular weight is 336 g/mol. The first kappa shape index (κ1) is 14.0. The van der Waals surface area contributed by atoms with Gasteiger partial charge in [0, 0.05) is 18.1 Å². The Hall–Kier alpha value is -1.46. The van der Waals surface area contributed by atoms with Crippen molar-refractivity contribution >= 4 is 39.0 Å². The van der Waals surface area contributed by atoms with Crippen molar-refractivity contribution in [1.29, 1.82) is 0 Å². The van der Waals surface area contributed by atoms with Gasteiger partial charge in [-0.25, -0.2) is 4.98 Å². The van der Waals surface area contributed by atoms with Crippen LogP contribution in [-0.2, 0) is 6.54 Å². The summed E-state index contributed by atoms with van der Waals surface area (Å²) in [6, 6.07) is 13.8. The lowest BCUT2D eigenvalue weighted by Gasteiger charge is -2.19. The molecule has 0 spiro atoms. The van der Waals surface area contributed by atoms with E-state index in [1.54, 1.807) is 0 Å². The smallest absolute Gasteiger partial charge is 0.129 e. The second-order valence-corrected chi connectivity index (χ2v) is 5.49. The van der Waals surface area contributed by atoms with E-state index >= 15 is 0 Å². The van der Waals surface area contributed by atoms with Crippen molar-refractivity contribution in [2.75, 3.05) is 11.9 Å². The SMILES string of the molecule is CN(Cc1ccccc1Br)c1cccc(C(N)=S)n1. The lowest BCUT2D eigenvalue weighted by Crippen LogP contribution is -2.20. The molecule has 2 rings (SSSR count). The van der Waals surface area contributed by atoms with Gasteiger partial charge in [0.2, 0.25) is 0 Å². The first-order chi connectivity index (χ1) is 9.08. The molecule has 0 fully saturated rings. The van der Waals surface area contributed by atoms with Gasteiger partial charge >= 0.3 is 0 Å². The van der Waals surface area contributed by atoms with E-state index in [9.17, 15) is 0 Å². The average Bonchev–Trinajstić information content (AvgIpc) is 2.41. The summed E-state index contributed by atoms with van der Waals surface area (Å²) in [4.78, 5) is 6.82. The number of hydrogen-bond donors (Lipinski definition) is 1. The van der Waals surface area contributed by atoms with Crippen molar-refractivity contribution in [2.45, 2.75) is 6.54 Å². The Bertz CT molecular complexity index is 601. The number of benzene rings is 1. The van der Waals surface area contributed by atoms with Gasteiger partial charge in [-0.3, -0.25) is 0 Å². The molecule has 0 atom stereocenters. The van der Waals surface area contributed by atoms with Crippen LogP contribution in [0.1, 0.15) is 11.3 Å². The molecule has 0 bridgehead atoms. The molecule has 3 nitrogen and oxygen atoms in total. The van der Waals surface area contributed by atoms with E-state index in [4.69, 9.17) is 18.0 Å². The number of aromatic nitrogens is 1. The maximum absolute atomic E-state index is 5.60.